The number of methoxy groups -OCH3 is 1. The fourth-order valence-corrected chi connectivity index (χ4v) is 2.23. The van der Waals surface area contributed by atoms with Gasteiger partial charge in [-0.25, -0.2) is 0 Å². The van der Waals surface area contributed by atoms with Crippen LogP contribution in [0.2, 0.25) is 0 Å². The van der Waals surface area contributed by atoms with Crippen LogP contribution in [0.25, 0.3) is 0 Å². The summed E-state index contributed by atoms with van der Waals surface area (Å²) in [5.74, 6) is 0.562. The van der Waals surface area contributed by atoms with Gasteiger partial charge in [0.2, 0.25) is 5.91 Å². The highest BCUT2D eigenvalue weighted by molar-refractivity contribution is 9.11. The second-order valence-electron chi connectivity index (χ2n) is 2.65. The average Bonchev–Trinajstić information content (AvgIpc) is 2.09. The Kier molecular flexibility index (Phi) is 3.95. The van der Waals surface area contributed by atoms with Crippen LogP contribution in [0.5, 0.6) is 5.75 Å². The summed E-state index contributed by atoms with van der Waals surface area (Å²) in [5, 5.41) is 2.69. The van der Waals surface area contributed by atoms with E-state index in [0.717, 1.165) is 8.95 Å². The van der Waals surface area contributed by atoms with Gasteiger partial charge in [-0.15, -0.1) is 0 Å². The number of carbonyl (C=O) groups excluding carboxylic acids is 1. The van der Waals surface area contributed by atoms with Crippen LogP contribution in [0, 0.1) is 0 Å². The predicted octanol–water partition coefficient (Wildman–Crippen LogP) is 3.18. The van der Waals surface area contributed by atoms with Crippen molar-refractivity contribution in [1.29, 1.82) is 0 Å². The van der Waals surface area contributed by atoms with E-state index in [2.05, 4.69) is 37.2 Å². The fourth-order valence-electron chi connectivity index (χ4n) is 0.971. The van der Waals surface area contributed by atoms with Crippen LogP contribution < -0.4 is 10.1 Å². The third kappa shape index (κ3) is 2.72. The van der Waals surface area contributed by atoms with Crippen LogP contribution in [-0.2, 0) is 4.79 Å². The van der Waals surface area contributed by atoms with Gasteiger partial charge in [0.15, 0.2) is 0 Å². The SMILES string of the molecule is COc1cc(NC(C)=O)c(Br)cc1Br. The van der Waals surface area contributed by atoms with Crippen molar-refractivity contribution in [2.24, 2.45) is 0 Å². The Bertz CT molecular complexity index is 366. The molecule has 0 aliphatic carbocycles. The molecular weight excluding hydrogens is 314 g/mol. The fraction of sp³-hybridized carbons (Fsp3) is 0.222. The Morgan fingerprint density at radius 2 is 2.00 bits per heavy atom. The summed E-state index contributed by atoms with van der Waals surface area (Å²) in [7, 11) is 1.57. The molecule has 1 aromatic rings. The molecule has 0 atom stereocenters. The number of rotatable bonds is 2. The molecule has 0 radical (unpaired) electrons. The molecule has 1 rings (SSSR count). The molecule has 0 fully saturated rings. The Balaban J connectivity index is 3.10. The zero-order valence-corrected chi connectivity index (χ0v) is 10.9. The van der Waals surface area contributed by atoms with Crippen molar-refractivity contribution < 1.29 is 9.53 Å². The number of halogens is 2. The Hall–Kier alpha value is -0.550. The topological polar surface area (TPSA) is 38.3 Å². The second kappa shape index (κ2) is 4.79. The highest BCUT2D eigenvalue weighted by Crippen LogP contribution is 2.34. The molecule has 0 bridgehead atoms. The number of benzene rings is 1. The van der Waals surface area contributed by atoms with E-state index < -0.39 is 0 Å². The maximum absolute atomic E-state index is 10.9. The van der Waals surface area contributed by atoms with E-state index in [1.54, 1.807) is 13.2 Å². The molecule has 14 heavy (non-hydrogen) atoms. The molecule has 0 aliphatic rings. The van der Waals surface area contributed by atoms with Gasteiger partial charge in [-0.3, -0.25) is 4.79 Å². The number of carbonyl (C=O) groups is 1. The quantitative estimate of drug-likeness (QED) is 0.908. The first-order chi connectivity index (χ1) is 6.54. The molecule has 1 N–H and O–H groups in total. The normalized spacial score (nSPS) is 9.71. The second-order valence-corrected chi connectivity index (χ2v) is 4.36. The molecule has 0 aromatic heterocycles. The Morgan fingerprint density at radius 1 is 1.36 bits per heavy atom. The Labute approximate surface area is 99.1 Å². The van der Waals surface area contributed by atoms with Gasteiger partial charge >= 0.3 is 0 Å². The predicted molar refractivity (Wildman–Crippen MR) is 62.7 cm³/mol. The number of hydrogen-bond donors (Lipinski definition) is 1. The van der Waals surface area contributed by atoms with Gasteiger partial charge in [-0.2, -0.15) is 0 Å². The lowest BCUT2D eigenvalue weighted by Gasteiger charge is -2.09. The molecule has 0 saturated heterocycles. The molecular formula is C9H9Br2NO2. The van der Waals surface area contributed by atoms with Crippen LogP contribution in [0.4, 0.5) is 5.69 Å². The lowest BCUT2D eigenvalue weighted by atomic mass is 10.3. The largest absolute Gasteiger partial charge is 0.495 e. The van der Waals surface area contributed by atoms with Gasteiger partial charge in [0.05, 0.1) is 17.3 Å². The van der Waals surface area contributed by atoms with Crippen LogP contribution in [0.15, 0.2) is 21.1 Å². The first-order valence-corrected chi connectivity index (χ1v) is 5.44. The smallest absolute Gasteiger partial charge is 0.221 e. The molecule has 0 heterocycles. The molecule has 1 aromatic carbocycles. The van der Waals surface area contributed by atoms with Crippen LogP contribution in [0.3, 0.4) is 0 Å². The maximum atomic E-state index is 10.9. The minimum absolute atomic E-state index is 0.116. The van der Waals surface area contributed by atoms with E-state index >= 15 is 0 Å². The molecule has 1 amide bonds. The molecule has 0 unspecified atom stereocenters. The number of ether oxygens (including phenoxy) is 1. The Morgan fingerprint density at radius 3 is 2.50 bits per heavy atom. The minimum Gasteiger partial charge on any atom is -0.495 e. The molecule has 0 spiro atoms. The summed E-state index contributed by atoms with van der Waals surface area (Å²) in [5.41, 5.74) is 0.692. The van der Waals surface area contributed by atoms with Gasteiger partial charge in [-0.1, -0.05) is 0 Å². The van der Waals surface area contributed by atoms with Crippen molar-refractivity contribution in [3.8, 4) is 5.75 Å². The summed E-state index contributed by atoms with van der Waals surface area (Å²) in [4.78, 5) is 10.9. The number of hydrogen-bond acceptors (Lipinski definition) is 2. The van der Waals surface area contributed by atoms with Crippen molar-refractivity contribution in [3.63, 3.8) is 0 Å². The van der Waals surface area contributed by atoms with Crippen molar-refractivity contribution >= 4 is 43.5 Å². The first-order valence-electron chi connectivity index (χ1n) is 3.85. The standard InChI is InChI=1S/C9H9Br2NO2/c1-5(13)12-8-4-9(14-2)7(11)3-6(8)10/h3-4H,1-2H3,(H,12,13). The van der Waals surface area contributed by atoms with E-state index in [4.69, 9.17) is 4.74 Å². The van der Waals surface area contributed by atoms with Crippen molar-refractivity contribution in [2.75, 3.05) is 12.4 Å². The van der Waals surface area contributed by atoms with Crippen LogP contribution in [-0.4, -0.2) is 13.0 Å². The molecule has 5 heteroatoms. The van der Waals surface area contributed by atoms with Gasteiger partial charge in [0.1, 0.15) is 5.75 Å². The van der Waals surface area contributed by atoms with Crippen molar-refractivity contribution in [3.05, 3.63) is 21.1 Å². The molecule has 76 valence electrons. The van der Waals surface area contributed by atoms with E-state index in [0.29, 0.717) is 11.4 Å². The lowest BCUT2D eigenvalue weighted by Crippen LogP contribution is -2.06. The van der Waals surface area contributed by atoms with Crippen LogP contribution in [0.1, 0.15) is 6.92 Å². The van der Waals surface area contributed by atoms with Gasteiger partial charge in [-0.05, 0) is 37.9 Å². The molecule has 0 aliphatic heterocycles. The van der Waals surface area contributed by atoms with Crippen molar-refractivity contribution in [2.45, 2.75) is 6.92 Å². The zero-order chi connectivity index (χ0) is 10.7. The molecule has 0 saturated carbocycles. The lowest BCUT2D eigenvalue weighted by molar-refractivity contribution is -0.114. The van der Waals surface area contributed by atoms with Crippen LogP contribution >= 0.6 is 31.9 Å². The molecule has 3 nitrogen and oxygen atoms in total. The maximum Gasteiger partial charge on any atom is 0.221 e. The third-order valence-electron chi connectivity index (χ3n) is 1.55. The summed E-state index contributed by atoms with van der Waals surface area (Å²) in [6, 6.07) is 3.57. The number of amides is 1. The number of anilines is 1. The van der Waals surface area contributed by atoms with Gasteiger partial charge < -0.3 is 10.1 Å². The summed E-state index contributed by atoms with van der Waals surface area (Å²) in [6.07, 6.45) is 0. The zero-order valence-electron chi connectivity index (χ0n) is 7.73. The highest BCUT2D eigenvalue weighted by atomic mass is 79.9. The summed E-state index contributed by atoms with van der Waals surface area (Å²) < 4.78 is 6.74. The van der Waals surface area contributed by atoms with Gasteiger partial charge in [0, 0.05) is 17.5 Å². The third-order valence-corrected chi connectivity index (χ3v) is 2.83. The average molecular weight is 323 g/mol. The van der Waals surface area contributed by atoms with E-state index in [-0.39, 0.29) is 5.91 Å². The van der Waals surface area contributed by atoms with E-state index in [9.17, 15) is 4.79 Å². The van der Waals surface area contributed by atoms with Gasteiger partial charge in [0.25, 0.3) is 0 Å². The van der Waals surface area contributed by atoms with E-state index in [1.165, 1.54) is 6.92 Å². The first kappa shape index (κ1) is 11.5. The highest BCUT2D eigenvalue weighted by Gasteiger charge is 2.07. The number of nitrogens with one attached hydrogen (secondary N) is 1. The van der Waals surface area contributed by atoms with E-state index in [1.807, 2.05) is 6.07 Å². The minimum atomic E-state index is -0.116. The summed E-state index contributed by atoms with van der Waals surface area (Å²) >= 11 is 6.68. The summed E-state index contributed by atoms with van der Waals surface area (Å²) in [6.45, 7) is 1.46. The monoisotopic (exact) mass is 321 g/mol. The van der Waals surface area contributed by atoms with Crippen molar-refractivity contribution in [1.82, 2.24) is 0 Å².